The first-order valence-corrected chi connectivity index (χ1v) is 9.12. The highest BCUT2D eigenvalue weighted by Crippen LogP contribution is 2.17. The van der Waals surface area contributed by atoms with Gasteiger partial charge < -0.3 is 19.7 Å². The lowest BCUT2D eigenvalue weighted by Crippen LogP contribution is -2.43. The third-order valence-electron chi connectivity index (χ3n) is 4.13. The maximum atomic E-state index is 12.0. The summed E-state index contributed by atoms with van der Waals surface area (Å²) in [4.78, 5) is 13.8. The van der Waals surface area contributed by atoms with Gasteiger partial charge in [0.15, 0.2) is 0 Å². The van der Waals surface area contributed by atoms with Crippen molar-refractivity contribution in [1.82, 2.24) is 10.2 Å². The van der Waals surface area contributed by atoms with Crippen LogP contribution in [0.5, 0.6) is 0 Å². The fourth-order valence-electron chi connectivity index (χ4n) is 2.47. The van der Waals surface area contributed by atoms with Crippen LogP contribution < -0.4 is 5.32 Å². The van der Waals surface area contributed by atoms with Crippen LogP contribution in [0.25, 0.3) is 0 Å². The van der Waals surface area contributed by atoms with Crippen LogP contribution in [0.15, 0.2) is 0 Å². The van der Waals surface area contributed by atoms with Gasteiger partial charge in [0.25, 0.3) is 0 Å². The number of nitrogens with one attached hydrogen (secondary N) is 1. The van der Waals surface area contributed by atoms with Crippen molar-refractivity contribution < 1.29 is 14.3 Å². The van der Waals surface area contributed by atoms with E-state index in [1.807, 2.05) is 20.8 Å². The normalized spacial score (nSPS) is 18.0. The Morgan fingerprint density at radius 3 is 2.52 bits per heavy atom. The molecular formula is C18H36N2O3. The average Bonchev–Trinajstić information content (AvgIpc) is 2.49. The lowest BCUT2D eigenvalue weighted by Gasteiger charge is -2.33. The fourth-order valence-corrected chi connectivity index (χ4v) is 2.47. The molecule has 0 aliphatic carbocycles. The highest BCUT2D eigenvalue weighted by atomic mass is 16.6. The van der Waals surface area contributed by atoms with E-state index in [1.54, 1.807) is 4.90 Å². The van der Waals surface area contributed by atoms with Crippen LogP contribution in [0.4, 0.5) is 4.79 Å². The van der Waals surface area contributed by atoms with Gasteiger partial charge in [0.2, 0.25) is 0 Å². The summed E-state index contributed by atoms with van der Waals surface area (Å²) in [5.74, 6) is 0.744. The van der Waals surface area contributed by atoms with Crippen molar-refractivity contribution in [1.29, 1.82) is 0 Å². The summed E-state index contributed by atoms with van der Waals surface area (Å²) >= 11 is 0. The second-order valence-electron chi connectivity index (χ2n) is 7.61. The van der Waals surface area contributed by atoms with Crippen LogP contribution in [-0.2, 0) is 9.47 Å². The molecule has 1 atom stereocenters. The van der Waals surface area contributed by atoms with Crippen LogP contribution in [0.2, 0.25) is 0 Å². The number of nitrogens with zero attached hydrogens (tertiary/aromatic N) is 1. The molecule has 1 fully saturated rings. The second kappa shape index (κ2) is 10.1. The number of likely N-dealkylation sites (tertiary alicyclic amines) is 1. The molecule has 1 rings (SSSR count). The summed E-state index contributed by atoms with van der Waals surface area (Å²) in [6, 6.07) is 0. The van der Waals surface area contributed by atoms with Gasteiger partial charge in [-0.1, -0.05) is 20.3 Å². The van der Waals surface area contributed by atoms with Crippen LogP contribution >= 0.6 is 0 Å². The fraction of sp³-hybridized carbons (Fsp3) is 0.944. The molecular weight excluding hydrogens is 292 g/mol. The van der Waals surface area contributed by atoms with Crippen LogP contribution in [0.3, 0.4) is 0 Å². The summed E-state index contributed by atoms with van der Waals surface area (Å²) in [7, 11) is 0. The van der Waals surface area contributed by atoms with Gasteiger partial charge in [-0.2, -0.15) is 0 Å². The molecule has 0 saturated carbocycles. The summed E-state index contributed by atoms with van der Waals surface area (Å²) in [6.07, 6.45) is 4.15. The van der Waals surface area contributed by atoms with Gasteiger partial charge in [-0.25, -0.2) is 4.79 Å². The molecule has 1 N–H and O–H groups in total. The van der Waals surface area contributed by atoms with E-state index in [2.05, 4.69) is 19.2 Å². The van der Waals surface area contributed by atoms with Crippen molar-refractivity contribution in [2.24, 2.45) is 5.92 Å². The van der Waals surface area contributed by atoms with E-state index in [-0.39, 0.29) is 12.2 Å². The van der Waals surface area contributed by atoms with Crippen molar-refractivity contribution in [2.45, 2.75) is 72.0 Å². The zero-order chi connectivity index (χ0) is 17.3. The number of amides is 1. The molecule has 1 amide bonds. The second-order valence-corrected chi connectivity index (χ2v) is 7.61. The van der Waals surface area contributed by atoms with E-state index < -0.39 is 5.60 Å². The van der Waals surface area contributed by atoms with Gasteiger partial charge in [0.05, 0.1) is 6.10 Å². The monoisotopic (exact) mass is 328 g/mol. The van der Waals surface area contributed by atoms with E-state index in [9.17, 15) is 4.79 Å². The van der Waals surface area contributed by atoms with E-state index in [0.717, 1.165) is 58.0 Å². The summed E-state index contributed by atoms with van der Waals surface area (Å²) in [5, 5.41) is 3.47. The summed E-state index contributed by atoms with van der Waals surface area (Å²) in [5.41, 5.74) is -0.424. The lowest BCUT2D eigenvalue weighted by atomic mass is 10.1. The number of rotatable bonds is 8. The molecule has 0 spiro atoms. The molecule has 0 aromatic carbocycles. The highest BCUT2D eigenvalue weighted by molar-refractivity contribution is 5.68. The van der Waals surface area contributed by atoms with Crippen molar-refractivity contribution in [3.8, 4) is 0 Å². The van der Waals surface area contributed by atoms with E-state index in [1.165, 1.54) is 6.42 Å². The maximum absolute atomic E-state index is 12.0. The molecule has 1 unspecified atom stereocenters. The van der Waals surface area contributed by atoms with Crippen molar-refractivity contribution in [2.75, 3.05) is 32.8 Å². The first-order valence-electron chi connectivity index (χ1n) is 9.12. The number of carbonyl (C=O) groups excluding carboxylic acids is 1. The van der Waals surface area contributed by atoms with E-state index in [0.29, 0.717) is 0 Å². The topological polar surface area (TPSA) is 50.8 Å². The van der Waals surface area contributed by atoms with E-state index >= 15 is 0 Å². The van der Waals surface area contributed by atoms with Gasteiger partial charge in [0.1, 0.15) is 5.60 Å². The van der Waals surface area contributed by atoms with Gasteiger partial charge in [-0.3, -0.25) is 0 Å². The largest absolute Gasteiger partial charge is 0.444 e. The zero-order valence-electron chi connectivity index (χ0n) is 15.7. The molecule has 1 saturated heterocycles. The minimum absolute atomic E-state index is 0.204. The average molecular weight is 328 g/mol. The van der Waals surface area contributed by atoms with Crippen molar-refractivity contribution in [3.63, 3.8) is 0 Å². The van der Waals surface area contributed by atoms with Gasteiger partial charge in [-0.15, -0.1) is 0 Å². The molecule has 5 heteroatoms. The first-order chi connectivity index (χ1) is 10.8. The smallest absolute Gasteiger partial charge is 0.410 e. The van der Waals surface area contributed by atoms with E-state index in [4.69, 9.17) is 9.47 Å². The third-order valence-corrected chi connectivity index (χ3v) is 4.13. The number of carbonyl (C=O) groups is 1. The predicted molar refractivity (Wildman–Crippen MR) is 93.7 cm³/mol. The Kier molecular flexibility index (Phi) is 8.92. The molecule has 5 nitrogen and oxygen atoms in total. The first kappa shape index (κ1) is 20.2. The predicted octanol–water partition coefficient (Wildman–Crippen LogP) is 3.43. The molecule has 1 heterocycles. The molecule has 0 radical (unpaired) electrons. The Morgan fingerprint density at radius 1 is 1.30 bits per heavy atom. The van der Waals surface area contributed by atoms with Crippen LogP contribution in [-0.4, -0.2) is 55.5 Å². The van der Waals surface area contributed by atoms with Gasteiger partial charge >= 0.3 is 6.09 Å². The Hall–Kier alpha value is -0.810. The Labute approximate surface area is 142 Å². The van der Waals surface area contributed by atoms with Gasteiger partial charge in [0, 0.05) is 19.7 Å². The standard InChI is InChI=1S/C18H36N2O3/c1-6-15(2)14-19-10-7-13-22-16-8-11-20(12-9-16)17(21)23-18(3,4)5/h15-16,19H,6-14H2,1-5H3. The highest BCUT2D eigenvalue weighted by Gasteiger charge is 2.26. The number of hydrogen-bond donors (Lipinski definition) is 1. The number of hydrogen-bond acceptors (Lipinski definition) is 4. The molecule has 1 aliphatic heterocycles. The minimum Gasteiger partial charge on any atom is -0.444 e. The van der Waals surface area contributed by atoms with Crippen molar-refractivity contribution >= 4 is 6.09 Å². The number of ether oxygens (including phenoxy) is 2. The van der Waals surface area contributed by atoms with Gasteiger partial charge in [-0.05, 0) is 59.0 Å². The van der Waals surface area contributed by atoms with Crippen LogP contribution in [0.1, 0.15) is 60.3 Å². The Morgan fingerprint density at radius 2 is 1.96 bits per heavy atom. The molecule has 23 heavy (non-hydrogen) atoms. The molecule has 0 bridgehead atoms. The molecule has 0 aromatic heterocycles. The lowest BCUT2D eigenvalue weighted by molar-refractivity contribution is -0.0117. The zero-order valence-corrected chi connectivity index (χ0v) is 15.7. The Bertz CT molecular complexity index is 334. The summed E-state index contributed by atoms with van der Waals surface area (Å²) in [6.45, 7) is 14.5. The molecule has 1 aliphatic rings. The maximum Gasteiger partial charge on any atom is 0.410 e. The van der Waals surface area contributed by atoms with Crippen LogP contribution in [0, 0.1) is 5.92 Å². The Balaban J connectivity index is 2.07. The quantitative estimate of drug-likeness (QED) is 0.694. The molecule has 0 aromatic rings. The summed E-state index contributed by atoms with van der Waals surface area (Å²) < 4.78 is 11.3. The third kappa shape index (κ3) is 9.16. The minimum atomic E-state index is -0.424. The SMILES string of the molecule is CCC(C)CNCCCOC1CCN(C(=O)OC(C)(C)C)CC1. The van der Waals surface area contributed by atoms with Crippen molar-refractivity contribution in [3.05, 3.63) is 0 Å². The number of piperidine rings is 1. The molecule has 136 valence electrons.